The van der Waals surface area contributed by atoms with Gasteiger partial charge in [0.15, 0.2) is 0 Å². The number of nitrogens with two attached hydrogens (primary N) is 2. The Kier molecular flexibility index (Phi) is 3.92. The van der Waals surface area contributed by atoms with E-state index in [4.69, 9.17) is 11.5 Å². The lowest BCUT2D eigenvalue weighted by molar-refractivity contribution is 0.100. The van der Waals surface area contributed by atoms with Crippen LogP contribution in [0.5, 0.6) is 0 Å². The van der Waals surface area contributed by atoms with Crippen molar-refractivity contribution in [1.82, 2.24) is 0 Å². The minimum absolute atomic E-state index is 0.282. The molecule has 4 nitrogen and oxygen atoms in total. The second kappa shape index (κ2) is 5.28. The van der Waals surface area contributed by atoms with Gasteiger partial charge in [0, 0.05) is 29.8 Å². The summed E-state index contributed by atoms with van der Waals surface area (Å²) in [5.41, 5.74) is 12.7. The van der Waals surface area contributed by atoms with Crippen LogP contribution < -0.4 is 16.4 Å². The number of anilines is 1. The number of rotatable bonds is 5. The topological polar surface area (TPSA) is 72.3 Å². The van der Waals surface area contributed by atoms with Gasteiger partial charge in [0.2, 0.25) is 0 Å². The number of hydrogen-bond donors (Lipinski definition) is 2. The molecule has 0 aliphatic heterocycles. The van der Waals surface area contributed by atoms with Crippen molar-refractivity contribution < 1.29 is 4.79 Å². The van der Waals surface area contributed by atoms with E-state index in [9.17, 15) is 4.79 Å². The zero-order chi connectivity index (χ0) is 13.3. The summed E-state index contributed by atoms with van der Waals surface area (Å²) in [5, 5.41) is 0. The van der Waals surface area contributed by atoms with Crippen LogP contribution in [0.3, 0.4) is 0 Å². The Labute approximate surface area is 115 Å². The van der Waals surface area contributed by atoms with Crippen LogP contribution in [0.4, 0.5) is 5.69 Å². The highest BCUT2D eigenvalue weighted by atomic mass is 79.9. The van der Waals surface area contributed by atoms with Crippen LogP contribution in [0.15, 0.2) is 22.7 Å². The van der Waals surface area contributed by atoms with Gasteiger partial charge in [-0.1, -0.05) is 15.9 Å². The van der Waals surface area contributed by atoms with E-state index in [0.717, 1.165) is 10.2 Å². The lowest BCUT2D eigenvalue weighted by atomic mass is 10.1. The molecule has 1 fully saturated rings. The number of carbonyl (C=O) groups is 1. The Bertz CT molecular complexity index is 460. The fourth-order valence-corrected chi connectivity index (χ4v) is 2.70. The van der Waals surface area contributed by atoms with Crippen molar-refractivity contribution in [3.8, 4) is 0 Å². The molecule has 98 valence electrons. The standard InChI is InChI=1S/C13H18BrN3O/c1-17(12(7-15)8-2-3-8)11-5-4-9(14)6-10(11)13(16)18/h4-6,8,12H,2-3,7,15H2,1H3,(H2,16,18). The van der Waals surface area contributed by atoms with Crippen LogP contribution in [0.25, 0.3) is 0 Å². The molecule has 0 saturated heterocycles. The van der Waals surface area contributed by atoms with E-state index in [0.29, 0.717) is 18.0 Å². The van der Waals surface area contributed by atoms with Crippen molar-refractivity contribution in [3.05, 3.63) is 28.2 Å². The van der Waals surface area contributed by atoms with Gasteiger partial charge in [-0.15, -0.1) is 0 Å². The van der Waals surface area contributed by atoms with Crippen molar-refractivity contribution >= 4 is 27.5 Å². The lowest BCUT2D eigenvalue weighted by Gasteiger charge is -2.30. The second-order valence-corrected chi connectivity index (χ2v) is 5.69. The monoisotopic (exact) mass is 311 g/mol. The van der Waals surface area contributed by atoms with Gasteiger partial charge in [0.05, 0.1) is 5.56 Å². The molecule has 1 aromatic carbocycles. The third-order valence-electron chi connectivity index (χ3n) is 3.51. The average molecular weight is 312 g/mol. The number of primary amides is 1. The second-order valence-electron chi connectivity index (χ2n) is 4.78. The van der Waals surface area contributed by atoms with E-state index in [-0.39, 0.29) is 6.04 Å². The molecular formula is C13H18BrN3O. The Hall–Kier alpha value is -1.07. The maximum atomic E-state index is 11.5. The maximum Gasteiger partial charge on any atom is 0.250 e. The molecule has 5 heteroatoms. The molecule has 1 aliphatic carbocycles. The normalized spacial score (nSPS) is 16.4. The summed E-state index contributed by atoms with van der Waals surface area (Å²) in [4.78, 5) is 13.6. The molecule has 4 N–H and O–H groups in total. The van der Waals surface area contributed by atoms with E-state index in [1.165, 1.54) is 12.8 Å². The van der Waals surface area contributed by atoms with Crippen LogP contribution in [-0.4, -0.2) is 25.5 Å². The Morgan fingerprint density at radius 3 is 2.72 bits per heavy atom. The molecule has 0 heterocycles. The van der Waals surface area contributed by atoms with Crippen molar-refractivity contribution in [1.29, 1.82) is 0 Å². The van der Waals surface area contributed by atoms with E-state index in [2.05, 4.69) is 20.8 Å². The van der Waals surface area contributed by atoms with Crippen molar-refractivity contribution in [2.45, 2.75) is 18.9 Å². The minimum atomic E-state index is -0.412. The van der Waals surface area contributed by atoms with Gasteiger partial charge < -0.3 is 16.4 Å². The van der Waals surface area contributed by atoms with E-state index >= 15 is 0 Å². The summed E-state index contributed by atoms with van der Waals surface area (Å²) >= 11 is 3.36. The molecule has 2 rings (SSSR count). The molecule has 1 aliphatic rings. The van der Waals surface area contributed by atoms with E-state index in [1.54, 1.807) is 6.07 Å². The largest absolute Gasteiger partial charge is 0.369 e. The predicted octanol–water partition coefficient (Wildman–Crippen LogP) is 1.72. The molecule has 0 spiro atoms. The first-order chi connectivity index (χ1) is 8.54. The van der Waals surface area contributed by atoms with Gasteiger partial charge in [0.25, 0.3) is 5.91 Å². The van der Waals surface area contributed by atoms with Crippen LogP contribution in [0.2, 0.25) is 0 Å². The molecule has 18 heavy (non-hydrogen) atoms. The minimum Gasteiger partial charge on any atom is -0.369 e. The summed E-state index contributed by atoms with van der Waals surface area (Å²) in [6, 6.07) is 5.87. The SMILES string of the molecule is CN(c1ccc(Br)cc1C(N)=O)C(CN)C1CC1. The smallest absolute Gasteiger partial charge is 0.250 e. The highest BCUT2D eigenvalue weighted by Crippen LogP contribution is 2.37. The number of nitrogens with zero attached hydrogens (tertiary/aromatic N) is 1. The predicted molar refractivity (Wildman–Crippen MR) is 76.6 cm³/mol. The lowest BCUT2D eigenvalue weighted by Crippen LogP contribution is -2.40. The molecule has 1 atom stereocenters. The number of likely N-dealkylation sites (N-methyl/N-ethyl adjacent to an activating group) is 1. The number of benzene rings is 1. The van der Waals surface area contributed by atoms with Gasteiger partial charge in [0.1, 0.15) is 0 Å². The van der Waals surface area contributed by atoms with Crippen LogP contribution in [-0.2, 0) is 0 Å². The molecule has 1 aromatic rings. The highest BCUT2D eigenvalue weighted by Gasteiger charge is 2.33. The first-order valence-electron chi connectivity index (χ1n) is 6.07. The molecule has 0 radical (unpaired) electrons. The number of hydrogen-bond acceptors (Lipinski definition) is 3. The Morgan fingerprint density at radius 2 is 2.22 bits per heavy atom. The van der Waals surface area contributed by atoms with Gasteiger partial charge >= 0.3 is 0 Å². The molecule has 1 amide bonds. The maximum absolute atomic E-state index is 11.5. The fourth-order valence-electron chi connectivity index (χ4n) is 2.34. The Balaban J connectivity index is 2.33. The van der Waals surface area contributed by atoms with Crippen LogP contribution in [0, 0.1) is 5.92 Å². The van der Waals surface area contributed by atoms with Gasteiger partial charge in [-0.2, -0.15) is 0 Å². The van der Waals surface area contributed by atoms with Crippen molar-refractivity contribution in [2.24, 2.45) is 17.4 Å². The quantitative estimate of drug-likeness (QED) is 0.869. The molecular weight excluding hydrogens is 294 g/mol. The number of amides is 1. The first-order valence-corrected chi connectivity index (χ1v) is 6.86. The van der Waals surface area contributed by atoms with Crippen LogP contribution >= 0.6 is 15.9 Å². The summed E-state index contributed by atoms with van der Waals surface area (Å²) in [7, 11) is 1.98. The number of halogens is 1. The molecule has 1 unspecified atom stereocenters. The number of carbonyl (C=O) groups excluding carboxylic acids is 1. The summed E-state index contributed by atoms with van der Waals surface area (Å²) < 4.78 is 0.851. The van der Waals surface area contributed by atoms with E-state index in [1.807, 2.05) is 19.2 Å². The van der Waals surface area contributed by atoms with Gasteiger partial charge in [-0.3, -0.25) is 4.79 Å². The van der Waals surface area contributed by atoms with Crippen molar-refractivity contribution in [3.63, 3.8) is 0 Å². The third kappa shape index (κ3) is 2.67. The zero-order valence-electron chi connectivity index (χ0n) is 10.4. The highest BCUT2D eigenvalue weighted by molar-refractivity contribution is 9.10. The zero-order valence-corrected chi connectivity index (χ0v) is 12.0. The Morgan fingerprint density at radius 1 is 1.56 bits per heavy atom. The molecule has 0 bridgehead atoms. The molecule has 1 saturated carbocycles. The van der Waals surface area contributed by atoms with Gasteiger partial charge in [-0.05, 0) is 37.0 Å². The fraction of sp³-hybridized carbons (Fsp3) is 0.462. The summed E-state index contributed by atoms with van der Waals surface area (Å²) in [5.74, 6) is 0.231. The third-order valence-corrected chi connectivity index (χ3v) is 4.00. The van der Waals surface area contributed by atoms with Crippen LogP contribution in [0.1, 0.15) is 23.2 Å². The average Bonchev–Trinajstić information content (AvgIpc) is 3.14. The first kappa shape index (κ1) is 13.4. The summed E-state index contributed by atoms with van der Waals surface area (Å²) in [6.07, 6.45) is 2.43. The van der Waals surface area contributed by atoms with E-state index < -0.39 is 5.91 Å². The summed E-state index contributed by atoms with van der Waals surface area (Å²) in [6.45, 7) is 0.593. The molecule has 0 aromatic heterocycles. The van der Waals surface area contributed by atoms with Gasteiger partial charge in [-0.25, -0.2) is 0 Å². The van der Waals surface area contributed by atoms with Crippen molar-refractivity contribution in [2.75, 3.05) is 18.5 Å².